The van der Waals surface area contributed by atoms with Crippen molar-refractivity contribution in [3.05, 3.63) is 47.1 Å². The van der Waals surface area contributed by atoms with E-state index in [4.69, 9.17) is 9.72 Å². The Hall–Kier alpha value is -6.38. The van der Waals surface area contributed by atoms with Crippen molar-refractivity contribution in [1.29, 1.82) is 0 Å². The van der Waals surface area contributed by atoms with Crippen LogP contribution >= 0.6 is 11.3 Å². The molecule has 3 aromatic rings. The molecule has 32 nitrogen and oxygen atoms in total. The number of piperidine rings is 1. The van der Waals surface area contributed by atoms with Gasteiger partial charge in [-0.3, -0.25) is 33.3 Å². The Bertz CT molecular complexity index is 3280. The van der Waals surface area contributed by atoms with Crippen molar-refractivity contribution in [3.63, 3.8) is 0 Å². The van der Waals surface area contributed by atoms with E-state index in [1.165, 1.54) is 57.3 Å². The minimum Gasteiger partial charge on any atom is -0.504 e. The molecule has 2 saturated carbocycles. The lowest BCUT2D eigenvalue weighted by Crippen LogP contribution is -2.64. The number of hydrogen-bond acceptors (Lipinski definition) is 26. The first-order valence-corrected chi connectivity index (χ1v) is 36.2. The van der Waals surface area contributed by atoms with Gasteiger partial charge in [0.2, 0.25) is 35.4 Å². The number of rotatable bonds is 22. The number of aliphatic hydroxyl groups is 8. The first-order valence-electron chi connectivity index (χ1n) is 34.0. The number of anilines is 1. The van der Waals surface area contributed by atoms with Crippen LogP contribution in [0.5, 0.6) is 11.5 Å². The molecule has 6 heterocycles. The first kappa shape index (κ1) is 75.8. The van der Waals surface area contributed by atoms with Crippen LogP contribution in [0, 0.1) is 17.8 Å². The van der Waals surface area contributed by atoms with E-state index in [0.29, 0.717) is 18.8 Å². The highest BCUT2D eigenvalue weighted by Crippen LogP contribution is 2.39. The average molecular weight is 1420 g/mol. The van der Waals surface area contributed by atoms with Crippen LogP contribution in [0.3, 0.4) is 0 Å². The summed E-state index contributed by atoms with van der Waals surface area (Å²) in [6.45, 7) is 2.78. The van der Waals surface area contributed by atoms with Crippen molar-refractivity contribution >= 4 is 63.0 Å². The number of hydrogen-bond donors (Lipinski definition) is 16. The number of amides is 6. The molecule has 2 aromatic heterocycles. The van der Waals surface area contributed by atoms with E-state index >= 15 is 0 Å². The minimum absolute atomic E-state index is 0.00871. The molecule has 544 valence electrons. The van der Waals surface area contributed by atoms with Gasteiger partial charge < -0.3 is 101 Å². The van der Waals surface area contributed by atoms with E-state index < -0.39 is 194 Å². The van der Waals surface area contributed by atoms with Gasteiger partial charge in [-0.2, -0.15) is 8.42 Å². The number of benzene rings is 1. The minimum atomic E-state index is -5.22. The van der Waals surface area contributed by atoms with E-state index in [1.54, 1.807) is 0 Å². The lowest BCUT2D eigenvalue weighted by Gasteiger charge is -2.34. The zero-order valence-electron chi connectivity index (χ0n) is 55.1. The number of ether oxygens (including phenoxy) is 1. The van der Waals surface area contributed by atoms with Crippen molar-refractivity contribution in [2.45, 2.75) is 201 Å². The van der Waals surface area contributed by atoms with Gasteiger partial charge in [0, 0.05) is 75.8 Å². The van der Waals surface area contributed by atoms with Crippen LogP contribution in [0.4, 0.5) is 5.82 Å². The molecule has 6 aliphatic rings. The number of aliphatic hydroxyl groups excluding tert-OH is 8. The van der Waals surface area contributed by atoms with Crippen molar-refractivity contribution in [3.8, 4) is 22.1 Å². The number of aromatic hydroxyl groups is 1. The lowest BCUT2D eigenvalue weighted by atomic mass is 9.82. The highest BCUT2D eigenvalue weighted by Gasteiger charge is 2.50. The summed E-state index contributed by atoms with van der Waals surface area (Å²) in [5.74, 6) is -7.49. The van der Waals surface area contributed by atoms with Gasteiger partial charge >= 0.3 is 10.4 Å². The molecule has 0 unspecified atom stereocenters. The summed E-state index contributed by atoms with van der Waals surface area (Å²) >= 11 is 1.51. The van der Waals surface area contributed by atoms with Crippen molar-refractivity contribution in [1.82, 2.24) is 56.9 Å². The third-order valence-corrected chi connectivity index (χ3v) is 21.3. The molecule has 16 N–H and O–H groups in total. The van der Waals surface area contributed by atoms with E-state index in [0.717, 1.165) is 94.8 Å². The highest BCUT2D eigenvalue weighted by molar-refractivity contribution is 7.81. The molecule has 9 rings (SSSR count). The van der Waals surface area contributed by atoms with Gasteiger partial charge in [0.1, 0.15) is 46.0 Å². The molecule has 6 fully saturated rings. The topological polar surface area (TPSA) is 478 Å². The van der Waals surface area contributed by atoms with Gasteiger partial charge in [-0.25, -0.2) is 4.98 Å². The summed E-state index contributed by atoms with van der Waals surface area (Å²) in [7, 11) is -5.22. The fourth-order valence-electron chi connectivity index (χ4n) is 14.0. The van der Waals surface area contributed by atoms with E-state index in [1.807, 2.05) is 18.3 Å². The normalized spacial score (nSPS) is 29.0. The summed E-state index contributed by atoms with van der Waals surface area (Å²) in [6, 6.07) is -4.77. The maximum Gasteiger partial charge on any atom is 0.446 e. The van der Waals surface area contributed by atoms with E-state index in [-0.39, 0.29) is 43.1 Å². The maximum absolute atomic E-state index is 15.0. The Balaban J connectivity index is 0.917. The summed E-state index contributed by atoms with van der Waals surface area (Å²) in [5.41, 5.74) is 0.770. The number of phenols is 1. The zero-order chi connectivity index (χ0) is 70.5. The lowest BCUT2D eigenvalue weighted by molar-refractivity contribution is -0.147. The van der Waals surface area contributed by atoms with Gasteiger partial charge in [0.15, 0.2) is 11.5 Å². The van der Waals surface area contributed by atoms with Crippen LogP contribution in [0.25, 0.3) is 10.6 Å². The third kappa shape index (κ3) is 20.0. The molecule has 6 amide bonds. The van der Waals surface area contributed by atoms with Crippen LogP contribution in [0.2, 0.25) is 0 Å². The van der Waals surface area contributed by atoms with Gasteiger partial charge in [0.05, 0.1) is 68.0 Å². The maximum atomic E-state index is 15.0. The number of fused-ring (bicyclic) bond motifs is 2. The van der Waals surface area contributed by atoms with Crippen molar-refractivity contribution < 1.29 is 96.6 Å². The second-order valence-electron chi connectivity index (χ2n) is 27.1. The Morgan fingerprint density at radius 1 is 0.755 bits per heavy atom. The first-order chi connectivity index (χ1) is 46.8. The van der Waals surface area contributed by atoms with Crippen LogP contribution < -0.4 is 41.0 Å². The predicted molar refractivity (Wildman–Crippen MR) is 352 cm³/mol. The van der Waals surface area contributed by atoms with Gasteiger partial charge in [-0.15, -0.1) is 10.2 Å². The fraction of sp³-hybridized carbons (Fsp3) is 0.703. The number of pyridine rings is 1. The van der Waals surface area contributed by atoms with Crippen LogP contribution in [-0.4, -0.2) is 270 Å². The SMILES string of the molecule is C[C@@H](O)[C@@H]1NC(=O)[C@@H](NCC2CCC(c3nnc(-c4ccc(N5CCC(OCC6CCCCC6)CC5)nc4)s3)CC2)C[C@@H](O)CNC(=O)[C@@H]2[C@@H](O)[C@@H](C)CN2C(=O)[C@H]([C@H](O)CCNC(CO)CO)NC(=O)[C@H]([C@H](O)Cc2ccc(O)c(OS(=O)(=O)O)c2)NC(=O)[C@@H]2C[C@@H](O)CN2C1=O. The molecule has 4 saturated heterocycles. The molecule has 4 aliphatic heterocycles. The molecule has 0 bridgehead atoms. The molecular weight excluding hydrogens is 1320 g/mol. The molecule has 2 aliphatic carbocycles. The van der Waals surface area contributed by atoms with Crippen LogP contribution in [0.15, 0.2) is 36.5 Å². The average Bonchev–Trinajstić information content (AvgIpc) is 1.62. The van der Waals surface area contributed by atoms with Crippen molar-refractivity contribution in [2.75, 3.05) is 70.5 Å². The summed E-state index contributed by atoms with van der Waals surface area (Å²) in [5, 5.41) is 126. The number of phenolic OH excluding ortho intramolecular Hbond substituents is 1. The zero-order valence-corrected chi connectivity index (χ0v) is 56.7. The van der Waals surface area contributed by atoms with Crippen LogP contribution in [0.1, 0.15) is 120 Å². The fourth-order valence-corrected chi connectivity index (χ4v) is 15.4. The molecule has 0 radical (unpaired) electrons. The van der Waals surface area contributed by atoms with E-state index in [2.05, 4.69) is 51.2 Å². The quantitative estimate of drug-likeness (QED) is 0.0461. The second kappa shape index (κ2) is 34.8. The Morgan fingerprint density at radius 2 is 1.45 bits per heavy atom. The highest BCUT2D eigenvalue weighted by atomic mass is 32.3. The largest absolute Gasteiger partial charge is 0.504 e. The molecule has 0 spiro atoms. The Morgan fingerprint density at radius 3 is 2.12 bits per heavy atom. The monoisotopic (exact) mass is 1420 g/mol. The molecule has 98 heavy (non-hydrogen) atoms. The summed E-state index contributed by atoms with van der Waals surface area (Å²) < 4.78 is 43.4. The molecule has 34 heteroatoms. The number of carbonyl (C=O) groups is 6. The van der Waals surface area contributed by atoms with Crippen molar-refractivity contribution in [2.24, 2.45) is 17.8 Å². The smallest absolute Gasteiger partial charge is 0.446 e. The number of aromatic nitrogens is 3. The second-order valence-corrected chi connectivity index (χ2v) is 29.2. The van der Waals surface area contributed by atoms with Crippen LogP contribution in [-0.2, 0) is 50.3 Å². The number of nitrogens with zero attached hydrogens (tertiary/aromatic N) is 6. The summed E-state index contributed by atoms with van der Waals surface area (Å²) in [4.78, 5) is 97.1. The summed E-state index contributed by atoms with van der Waals surface area (Å²) in [6.07, 6.45) is 1.07. The predicted octanol–water partition coefficient (Wildman–Crippen LogP) is -2.53. The Labute approximate surface area is 572 Å². The van der Waals surface area contributed by atoms with Gasteiger partial charge in [0.25, 0.3) is 0 Å². The number of carbonyl (C=O) groups excluding carboxylic acids is 6. The third-order valence-electron chi connectivity index (χ3n) is 19.8. The van der Waals surface area contributed by atoms with Gasteiger partial charge in [-0.05, 0) is 126 Å². The number of nitrogens with one attached hydrogen (secondary N) is 6. The van der Waals surface area contributed by atoms with E-state index in [9.17, 15) is 87.7 Å². The molecular formula is C64H96N12O20S2. The molecule has 1 aromatic carbocycles. The number of β-amino-alcohol motifs (C(OH)–C–C–N with tert-alkyl or cyclic N) is 1. The Kier molecular flexibility index (Phi) is 26.9. The standard InChI is InChI=1S/C64H96N12O20S2/c1-34-29-76-55(56(34)85)60(89)68-28-42(80)24-45(66-26-36-8-11-39(12-9-36)61-72-73-62(97-61)40-13-15-51(67-27-40)74-20-17-44(18-21-74)95-33-37-6-4-3-5-7-37)57(86)69-52(35(2)79)63(90)75-30-43(81)25-46(75)58(87)70-53(49(84)22-38-10-14-47(82)50(23-38)96-98(92,93)94)59(88)71-54(64(76)91)48(83)16-19-65-41(31-77)32-78/h10,13-15,23,27,34-37,39,41-46,48-49,52-56,65-66,77-85H,3-9,11-12,16-22,24-26,28-33H2,1-2H3,(H,68,89)(H,69,86)(H,70,87)(H,71,88)(H,92,93,94)/t34-,35+,36?,39?,42+,43+,45-,46-,48+,49+,52-,53-,54-,55-,56-/m0/s1. The van der Waals surface area contributed by atoms with Gasteiger partial charge in [-0.1, -0.05) is 43.6 Å². The molecule has 13 atom stereocenters.